The molecule has 2 aromatic rings. The number of nitrogens with zero attached hydrogens (tertiary/aromatic N) is 3. The van der Waals surface area contributed by atoms with Gasteiger partial charge in [-0.15, -0.1) is 0 Å². The van der Waals surface area contributed by atoms with Gasteiger partial charge in [0.2, 0.25) is 0 Å². The molecular weight excluding hydrogens is 260 g/mol. The van der Waals surface area contributed by atoms with Crippen LogP contribution in [0.2, 0.25) is 0 Å². The highest BCUT2D eigenvalue weighted by atomic mass is 15.3. The van der Waals surface area contributed by atoms with E-state index in [1.54, 1.807) is 0 Å². The highest BCUT2D eigenvalue weighted by molar-refractivity contribution is 5.51. The predicted molar refractivity (Wildman–Crippen MR) is 86.6 cm³/mol. The molecule has 0 saturated carbocycles. The number of aryl methyl sites for hydroxylation is 2. The fourth-order valence-electron chi connectivity index (χ4n) is 3.24. The van der Waals surface area contributed by atoms with Crippen LogP contribution in [0.4, 0.5) is 5.69 Å². The number of hydrogen-bond donors (Lipinski definition) is 1. The van der Waals surface area contributed by atoms with Gasteiger partial charge in [-0.3, -0.25) is 4.68 Å². The second-order valence-electron chi connectivity index (χ2n) is 5.86. The van der Waals surface area contributed by atoms with Crippen molar-refractivity contribution in [2.24, 2.45) is 7.05 Å². The highest BCUT2D eigenvalue weighted by Gasteiger charge is 2.29. The van der Waals surface area contributed by atoms with Gasteiger partial charge < -0.3 is 10.2 Å². The van der Waals surface area contributed by atoms with Crippen LogP contribution in [0.3, 0.4) is 0 Å². The Labute approximate surface area is 126 Å². The number of rotatable bonds is 3. The van der Waals surface area contributed by atoms with Crippen LogP contribution < -0.4 is 10.2 Å². The van der Waals surface area contributed by atoms with E-state index >= 15 is 0 Å². The van der Waals surface area contributed by atoms with Gasteiger partial charge in [-0.2, -0.15) is 5.10 Å². The van der Waals surface area contributed by atoms with E-state index in [1.807, 2.05) is 11.7 Å². The Bertz CT molecular complexity index is 590. The molecule has 0 spiro atoms. The maximum atomic E-state index is 4.51. The molecule has 1 N–H and O–H groups in total. The average Bonchev–Trinajstić information content (AvgIpc) is 2.86. The number of aromatic nitrogens is 2. The van der Waals surface area contributed by atoms with Crippen LogP contribution in [0.1, 0.15) is 30.6 Å². The molecule has 4 heteroatoms. The summed E-state index contributed by atoms with van der Waals surface area (Å²) in [6, 6.07) is 11.6. The van der Waals surface area contributed by atoms with Crippen molar-refractivity contribution in [2.45, 2.75) is 32.4 Å². The summed E-state index contributed by atoms with van der Waals surface area (Å²) in [6.07, 6.45) is 3.29. The smallest absolute Gasteiger partial charge is 0.0827 e. The highest BCUT2D eigenvalue weighted by Crippen LogP contribution is 2.28. The zero-order chi connectivity index (χ0) is 14.8. The average molecular weight is 284 g/mol. The molecule has 1 aromatic heterocycles. The first kappa shape index (κ1) is 14.1. The lowest BCUT2D eigenvalue weighted by atomic mass is 10.00. The van der Waals surface area contributed by atoms with Crippen LogP contribution in [0, 0.1) is 6.92 Å². The largest absolute Gasteiger partial charge is 0.363 e. The number of hydrogen-bond acceptors (Lipinski definition) is 3. The Balaban J connectivity index is 1.87. The van der Waals surface area contributed by atoms with Gasteiger partial charge in [0.05, 0.1) is 11.4 Å². The molecule has 21 heavy (non-hydrogen) atoms. The minimum Gasteiger partial charge on any atom is -0.363 e. The van der Waals surface area contributed by atoms with Crippen LogP contribution in [0.15, 0.2) is 36.5 Å². The summed E-state index contributed by atoms with van der Waals surface area (Å²) in [6.45, 7) is 6.37. The molecule has 0 amide bonds. The number of piperazine rings is 1. The van der Waals surface area contributed by atoms with Gasteiger partial charge >= 0.3 is 0 Å². The molecule has 1 aromatic carbocycles. The van der Waals surface area contributed by atoms with Gasteiger partial charge in [0.15, 0.2) is 0 Å². The fourth-order valence-corrected chi connectivity index (χ4v) is 3.24. The SMILES string of the molecule is CCC1CNC(c2ccccc2)CN1c1cn(C)nc1C. The summed E-state index contributed by atoms with van der Waals surface area (Å²) in [4.78, 5) is 2.52. The summed E-state index contributed by atoms with van der Waals surface area (Å²) in [5.41, 5.74) is 3.75. The van der Waals surface area contributed by atoms with E-state index in [-0.39, 0.29) is 0 Å². The molecule has 2 heterocycles. The van der Waals surface area contributed by atoms with E-state index in [4.69, 9.17) is 0 Å². The normalized spacial score (nSPS) is 22.5. The first-order chi connectivity index (χ1) is 10.2. The Morgan fingerprint density at radius 2 is 2.05 bits per heavy atom. The summed E-state index contributed by atoms with van der Waals surface area (Å²) in [7, 11) is 1.99. The summed E-state index contributed by atoms with van der Waals surface area (Å²) in [5, 5.41) is 8.20. The minimum absolute atomic E-state index is 0.383. The van der Waals surface area contributed by atoms with Crippen molar-refractivity contribution in [3.05, 3.63) is 47.8 Å². The van der Waals surface area contributed by atoms with E-state index in [2.05, 4.69) is 65.7 Å². The summed E-state index contributed by atoms with van der Waals surface area (Å²) >= 11 is 0. The molecule has 4 nitrogen and oxygen atoms in total. The molecule has 1 aliphatic heterocycles. The van der Waals surface area contributed by atoms with Gasteiger partial charge in [0.25, 0.3) is 0 Å². The molecule has 3 rings (SSSR count). The Morgan fingerprint density at radius 3 is 2.67 bits per heavy atom. The van der Waals surface area contributed by atoms with Crippen LogP contribution in [-0.2, 0) is 7.05 Å². The summed E-state index contributed by atoms with van der Waals surface area (Å²) in [5.74, 6) is 0. The summed E-state index contributed by atoms with van der Waals surface area (Å²) < 4.78 is 1.91. The van der Waals surface area contributed by atoms with Crippen LogP contribution in [0.25, 0.3) is 0 Å². The lowest BCUT2D eigenvalue weighted by Gasteiger charge is -2.41. The number of benzene rings is 1. The third-order valence-corrected chi connectivity index (χ3v) is 4.39. The molecule has 112 valence electrons. The number of anilines is 1. The zero-order valence-corrected chi connectivity index (χ0v) is 13.1. The van der Waals surface area contributed by atoms with Crippen LogP contribution in [0.5, 0.6) is 0 Å². The van der Waals surface area contributed by atoms with E-state index in [1.165, 1.54) is 11.3 Å². The van der Waals surface area contributed by atoms with E-state index < -0.39 is 0 Å². The monoisotopic (exact) mass is 284 g/mol. The van der Waals surface area contributed by atoms with Gasteiger partial charge in [-0.05, 0) is 18.9 Å². The Hall–Kier alpha value is -1.81. The second kappa shape index (κ2) is 5.90. The molecule has 2 atom stereocenters. The minimum atomic E-state index is 0.383. The third-order valence-electron chi connectivity index (χ3n) is 4.39. The standard InChI is InChI=1S/C17H24N4/c1-4-15-10-18-16(14-8-6-5-7-9-14)11-21(15)17-12-20(3)19-13(17)2/h5-9,12,15-16,18H,4,10-11H2,1-3H3. The van der Waals surface area contributed by atoms with Gasteiger partial charge in [-0.25, -0.2) is 0 Å². The first-order valence-corrected chi connectivity index (χ1v) is 7.74. The van der Waals surface area contributed by atoms with Gasteiger partial charge in [0.1, 0.15) is 0 Å². The Kier molecular flexibility index (Phi) is 3.97. The van der Waals surface area contributed by atoms with Crippen molar-refractivity contribution >= 4 is 5.69 Å². The van der Waals surface area contributed by atoms with E-state index in [9.17, 15) is 0 Å². The predicted octanol–water partition coefficient (Wildman–Crippen LogP) is 2.66. The topological polar surface area (TPSA) is 33.1 Å². The van der Waals surface area contributed by atoms with Gasteiger partial charge in [0, 0.05) is 38.4 Å². The van der Waals surface area contributed by atoms with Gasteiger partial charge in [-0.1, -0.05) is 37.3 Å². The quantitative estimate of drug-likeness (QED) is 0.940. The van der Waals surface area contributed by atoms with Crippen molar-refractivity contribution in [3.8, 4) is 0 Å². The zero-order valence-electron chi connectivity index (χ0n) is 13.1. The van der Waals surface area contributed by atoms with Crippen LogP contribution >= 0.6 is 0 Å². The van der Waals surface area contributed by atoms with Crippen LogP contribution in [-0.4, -0.2) is 28.9 Å². The van der Waals surface area contributed by atoms with E-state index in [0.717, 1.165) is 25.2 Å². The second-order valence-corrected chi connectivity index (χ2v) is 5.86. The lowest BCUT2D eigenvalue weighted by Crippen LogP contribution is -2.52. The van der Waals surface area contributed by atoms with Crippen molar-refractivity contribution in [1.82, 2.24) is 15.1 Å². The van der Waals surface area contributed by atoms with E-state index in [0.29, 0.717) is 12.1 Å². The molecule has 1 saturated heterocycles. The van der Waals surface area contributed by atoms with Crippen molar-refractivity contribution in [1.29, 1.82) is 0 Å². The van der Waals surface area contributed by atoms with Crippen molar-refractivity contribution < 1.29 is 0 Å². The third kappa shape index (κ3) is 2.81. The molecule has 0 radical (unpaired) electrons. The molecule has 1 fully saturated rings. The van der Waals surface area contributed by atoms with Crippen molar-refractivity contribution in [3.63, 3.8) is 0 Å². The first-order valence-electron chi connectivity index (χ1n) is 7.74. The number of nitrogens with one attached hydrogen (secondary N) is 1. The lowest BCUT2D eigenvalue weighted by molar-refractivity contribution is 0.392. The Morgan fingerprint density at radius 1 is 1.29 bits per heavy atom. The maximum Gasteiger partial charge on any atom is 0.0827 e. The molecule has 1 aliphatic rings. The molecule has 2 unspecified atom stereocenters. The maximum absolute atomic E-state index is 4.51. The fraction of sp³-hybridized carbons (Fsp3) is 0.471. The molecular formula is C17H24N4. The molecule has 0 bridgehead atoms. The van der Waals surface area contributed by atoms with Crippen molar-refractivity contribution in [2.75, 3.05) is 18.0 Å². The molecule has 0 aliphatic carbocycles.